The van der Waals surface area contributed by atoms with E-state index < -0.39 is 0 Å². The van der Waals surface area contributed by atoms with Gasteiger partial charge in [0.1, 0.15) is 0 Å². The lowest BCUT2D eigenvalue weighted by molar-refractivity contribution is -0.123. The van der Waals surface area contributed by atoms with Crippen LogP contribution in [0.15, 0.2) is 0 Å². The van der Waals surface area contributed by atoms with E-state index in [9.17, 15) is 4.79 Å². The molecule has 80 valence electrons. The Labute approximate surface area is 85.4 Å². The second kappa shape index (κ2) is 4.30. The Balaban J connectivity index is 1.75. The van der Waals surface area contributed by atoms with Crippen molar-refractivity contribution in [2.24, 2.45) is 11.7 Å². The van der Waals surface area contributed by atoms with E-state index in [1.54, 1.807) is 0 Å². The van der Waals surface area contributed by atoms with Crippen molar-refractivity contribution in [3.05, 3.63) is 0 Å². The number of nitrogens with two attached hydrogens (primary N) is 1. The van der Waals surface area contributed by atoms with Gasteiger partial charge in [-0.3, -0.25) is 4.79 Å². The highest BCUT2D eigenvalue weighted by atomic mass is 16.2. The molecule has 3 nitrogen and oxygen atoms in total. The molecule has 2 fully saturated rings. The minimum absolute atomic E-state index is 0.123. The molecule has 2 aliphatic rings. The van der Waals surface area contributed by atoms with Gasteiger partial charge in [0.15, 0.2) is 0 Å². The van der Waals surface area contributed by atoms with Crippen molar-refractivity contribution in [1.82, 2.24) is 5.32 Å². The second-order valence-corrected chi connectivity index (χ2v) is 4.70. The summed E-state index contributed by atoms with van der Waals surface area (Å²) in [4.78, 5) is 11.6. The van der Waals surface area contributed by atoms with E-state index in [2.05, 4.69) is 5.32 Å². The average Bonchev–Trinajstić information content (AvgIpc) is 2.90. The van der Waals surface area contributed by atoms with Gasteiger partial charge in [0, 0.05) is 12.1 Å². The number of hydrogen-bond donors (Lipinski definition) is 2. The van der Waals surface area contributed by atoms with E-state index in [4.69, 9.17) is 5.73 Å². The van der Waals surface area contributed by atoms with Crippen molar-refractivity contribution in [3.8, 4) is 0 Å². The Morgan fingerprint density at radius 2 is 1.71 bits per heavy atom. The summed E-state index contributed by atoms with van der Waals surface area (Å²) in [7, 11) is 0. The minimum Gasteiger partial charge on any atom is -0.353 e. The lowest BCUT2D eigenvalue weighted by Gasteiger charge is -2.15. The summed E-state index contributed by atoms with van der Waals surface area (Å²) in [6.45, 7) is 0. The fourth-order valence-corrected chi connectivity index (χ4v) is 2.25. The van der Waals surface area contributed by atoms with Crippen LogP contribution < -0.4 is 11.1 Å². The molecular weight excluding hydrogens is 176 g/mol. The van der Waals surface area contributed by atoms with E-state index >= 15 is 0 Å². The third kappa shape index (κ3) is 2.47. The van der Waals surface area contributed by atoms with Crippen molar-refractivity contribution in [2.45, 2.75) is 57.0 Å². The smallest absolute Gasteiger partial charge is 0.224 e. The van der Waals surface area contributed by atoms with Crippen LogP contribution in [0.3, 0.4) is 0 Å². The number of carbonyl (C=O) groups excluding carboxylic acids is 1. The van der Waals surface area contributed by atoms with Crippen LogP contribution in [0.1, 0.15) is 44.9 Å². The first-order chi connectivity index (χ1) is 6.77. The van der Waals surface area contributed by atoms with Crippen LogP contribution in [0.5, 0.6) is 0 Å². The lowest BCUT2D eigenvalue weighted by atomic mass is 10.1. The summed E-state index contributed by atoms with van der Waals surface area (Å²) >= 11 is 0. The van der Waals surface area contributed by atoms with Crippen LogP contribution in [0.4, 0.5) is 0 Å². The first-order valence-corrected chi connectivity index (χ1v) is 5.83. The summed E-state index contributed by atoms with van der Waals surface area (Å²) in [5.74, 6) is 0.322. The SMILES string of the molecule is NC1CC1C(=O)NC1CCCCCC1. The Morgan fingerprint density at radius 1 is 1.14 bits per heavy atom. The van der Waals surface area contributed by atoms with Crippen LogP contribution in [-0.2, 0) is 4.79 Å². The summed E-state index contributed by atoms with van der Waals surface area (Å²) in [5, 5.41) is 3.13. The van der Waals surface area contributed by atoms with Crippen LogP contribution in [0.2, 0.25) is 0 Å². The molecule has 0 radical (unpaired) electrons. The average molecular weight is 196 g/mol. The first-order valence-electron chi connectivity index (χ1n) is 5.83. The van der Waals surface area contributed by atoms with Crippen LogP contribution in [0, 0.1) is 5.92 Å². The van der Waals surface area contributed by atoms with Crippen molar-refractivity contribution >= 4 is 5.91 Å². The van der Waals surface area contributed by atoms with E-state index in [0.717, 1.165) is 19.3 Å². The van der Waals surface area contributed by atoms with E-state index in [1.807, 2.05) is 0 Å². The number of amides is 1. The summed E-state index contributed by atoms with van der Waals surface area (Å²) in [6.07, 6.45) is 8.40. The maximum atomic E-state index is 11.6. The molecule has 0 aliphatic heterocycles. The molecule has 2 unspecified atom stereocenters. The van der Waals surface area contributed by atoms with Gasteiger partial charge in [-0.1, -0.05) is 25.7 Å². The van der Waals surface area contributed by atoms with Crippen LogP contribution in [-0.4, -0.2) is 18.0 Å². The molecule has 0 heterocycles. The van der Waals surface area contributed by atoms with Crippen molar-refractivity contribution in [2.75, 3.05) is 0 Å². The van der Waals surface area contributed by atoms with Gasteiger partial charge < -0.3 is 11.1 Å². The molecule has 0 spiro atoms. The summed E-state index contributed by atoms with van der Waals surface area (Å²) in [6, 6.07) is 0.568. The van der Waals surface area contributed by atoms with Crippen LogP contribution >= 0.6 is 0 Å². The monoisotopic (exact) mass is 196 g/mol. The molecule has 2 saturated carbocycles. The molecular formula is C11H20N2O. The molecule has 2 rings (SSSR count). The fourth-order valence-electron chi connectivity index (χ4n) is 2.25. The molecule has 0 saturated heterocycles. The van der Waals surface area contributed by atoms with Crippen molar-refractivity contribution < 1.29 is 4.79 Å². The molecule has 14 heavy (non-hydrogen) atoms. The van der Waals surface area contributed by atoms with Crippen molar-refractivity contribution in [3.63, 3.8) is 0 Å². The van der Waals surface area contributed by atoms with E-state index in [-0.39, 0.29) is 17.9 Å². The predicted molar refractivity (Wildman–Crippen MR) is 55.7 cm³/mol. The van der Waals surface area contributed by atoms with Gasteiger partial charge in [0.05, 0.1) is 5.92 Å². The van der Waals surface area contributed by atoms with Gasteiger partial charge in [-0.25, -0.2) is 0 Å². The molecule has 0 aromatic rings. The molecule has 3 N–H and O–H groups in total. The first kappa shape index (κ1) is 9.97. The number of rotatable bonds is 2. The van der Waals surface area contributed by atoms with Gasteiger partial charge in [-0.2, -0.15) is 0 Å². The van der Waals surface area contributed by atoms with Gasteiger partial charge in [-0.05, 0) is 19.3 Å². The molecule has 0 aromatic carbocycles. The third-order valence-electron chi connectivity index (χ3n) is 3.38. The Kier molecular flexibility index (Phi) is 3.06. The highest BCUT2D eigenvalue weighted by molar-refractivity contribution is 5.82. The zero-order chi connectivity index (χ0) is 9.97. The quantitative estimate of drug-likeness (QED) is 0.651. The zero-order valence-electron chi connectivity index (χ0n) is 8.67. The predicted octanol–water partition coefficient (Wildman–Crippen LogP) is 1.17. The molecule has 0 bridgehead atoms. The number of carbonyl (C=O) groups is 1. The van der Waals surface area contributed by atoms with Crippen molar-refractivity contribution in [1.29, 1.82) is 0 Å². The Hall–Kier alpha value is -0.570. The molecule has 3 heteroatoms. The van der Waals surface area contributed by atoms with Gasteiger partial charge in [0.2, 0.25) is 5.91 Å². The Bertz CT molecular complexity index is 209. The van der Waals surface area contributed by atoms with Gasteiger partial charge >= 0.3 is 0 Å². The minimum atomic E-state index is 0.123. The third-order valence-corrected chi connectivity index (χ3v) is 3.38. The maximum absolute atomic E-state index is 11.6. The van der Waals surface area contributed by atoms with E-state index in [0.29, 0.717) is 6.04 Å². The second-order valence-electron chi connectivity index (χ2n) is 4.70. The standard InChI is InChI=1S/C11H20N2O/c12-10-7-9(10)11(14)13-8-5-3-1-2-4-6-8/h8-10H,1-7,12H2,(H,13,14). The molecule has 2 aliphatic carbocycles. The highest BCUT2D eigenvalue weighted by Crippen LogP contribution is 2.28. The normalized spacial score (nSPS) is 33.5. The zero-order valence-corrected chi connectivity index (χ0v) is 8.67. The number of nitrogens with one attached hydrogen (secondary N) is 1. The fraction of sp³-hybridized carbons (Fsp3) is 0.909. The highest BCUT2D eigenvalue weighted by Gasteiger charge is 2.40. The van der Waals surface area contributed by atoms with Gasteiger partial charge in [-0.15, -0.1) is 0 Å². The Morgan fingerprint density at radius 3 is 2.21 bits per heavy atom. The molecule has 0 aromatic heterocycles. The van der Waals surface area contributed by atoms with Crippen LogP contribution in [0.25, 0.3) is 0 Å². The molecule has 1 amide bonds. The number of hydrogen-bond acceptors (Lipinski definition) is 2. The maximum Gasteiger partial charge on any atom is 0.224 e. The summed E-state index contributed by atoms with van der Waals surface area (Å²) < 4.78 is 0. The summed E-state index contributed by atoms with van der Waals surface area (Å²) in [5.41, 5.74) is 5.64. The topological polar surface area (TPSA) is 55.1 Å². The lowest BCUT2D eigenvalue weighted by Crippen LogP contribution is -2.36. The largest absolute Gasteiger partial charge is 0.353 e. The van der Waals surface area contributed by atoms with Gasteiger partial charge in [0.25, 0.3) is 0 Å². The van der Waals surface area contributed by atoms with E-state index in [1.165, 1.54) is 25.7 Å². The molecule has 2 atom stereocenters.